The van der Waals surface area contributed by atoms with Gasteiger partial charge in [0.05, 0.1) is 11.7 Å². The Kier molecular flexibility index (Phi) is 7.05. The Labute approximate surface area is 175 Å². The maximum absolute atomic E-state index is 12.4. The number of para-hydroxylation sites is 2. The van der Waals surface area contributed by atoms with Gasteiger partial charge in [-0.3, -0.25) is 20.4 Å². The highest BCUT2D eigenvalue weighted by atomic mass is 16.5. The average Bonchev–Trinajstić information content (AvgIpc) is 2.77. The first-order chi connectivity index (χ1) is 14.5. The van der Waals surface area contributed by atoms with Gasteiger partial charge in [-0.1, -0.05) is 60.7 Å². The summed E-state index contributed by atoms with van der Waals surface area (Å²) >= 11 is 0. The van der Waals surface area contributed by atoms with Crippen LogP contribution < -0.4 is 20.3 Å². The van der Waals surface area contributed by atoms with Gasteiger partial charge in [-0.15, -0.1) is 0 Å². The summed E-state index contributed by atoms with van der Waals surface area (Å²) < 4.78 is 11.3. The van der Waals surface area contributed by atoms with E-state index in [-0.39, 0.29) is 12.7 Å². The van der Waals surface area contributed by atoms with Crippen LogP contribution in [0.5, 0.6) is 11.5 Å². The molecule has 3 aromatic carbocycles. The van der Waals surface area contributed by atoms with E-state index in [0.29, 0.717) is 17.1 Å². The quantitative estimate of drug-likeness (QED) is 0.584. The van der Waals surface area contributed by atoms with E-state index < -0.39 is 11.8 Å². The molecule has 0 spiro atoms. The molecule has 0 fully saturated rings. The molecule has 2 amide bonds. The van der Waals surface area contributed by atoms with Crippen molar-refractivity contribution in [2.75, 3.05) is 6.61 Å². The number of benzene rings is 3. The molecule has 154 valence electrons. The first-order valence-electron chi connectivity index (χ1n) is 9.66. The van der Waals surface area contributed by atoms with E-state index in [1.165, 1.54) is 0 Å². The van der Waals surface area contributed by atoms with Crippen molar-refractivity contribution in [1.29, 1.82) is 0 Å². The van der Waals surface area contributed by atoms with Crippen LogP contribution in [-0.4, -0.2) is 24.5 Å². The molecule has 0 aromatic heterocycles. The van der Waals surface area contributed by atoms with E-state index in [2.05, 4.69) is 10.9 Å². The van der Waals surface area contributed by atoms with E-state index in [4.69, 9.17) is 9.47 Å². The van der Waals surface area contributed by atoms with Gasteiger partial charge in [0, 0.05) is 5.56 Å². The normalized spacial score (nSPS) is 10.4. The first kappa shape index (κ1) is 20.9. The van der Waals surface area contributed by atoms with Crippen molar-refractivity contribution in [3.05, 3.63) is 84.4 Å². The lowest BCUT2D eigenvalue weighted by Gasteiger charge is -2.15. The molecule has 0 unspecified atom stereocenters. The van der Waals surface area contributed by atoms with E-state index in [9.17, 15) is 9.59 Å². The zero-order valence-corrected chi connectivity index (χ0v) is 16.9. The fraction of sp³-hybridized carbons (Fsp3) is 0.167. The Morgan fingerprint density at radius 1 is 0.800 bits per heavy atom. The molecule has 0 saturated carbocycles. The molecule has 0 saturated heterocycles. The molecule has 0 atom stereocenters. The summed E-state index contributed by atoms with van der Waals surface area (Å²) in [6, 6.07) is 24.1. The number of rotatable bonds is 7. The third-order valence-electron chi connectivity index (χ3n) is 4.14. The van der Waals surface area contributed by atoms with Gasteiger partial charge in [-0.2, -0.15) is 0 Å². The van der Waals surface area contributed by atoms with Crippen LogP contribution in [0.15, 0.2) is 78.9 Å². The van der Waals surface area contributed by atoms with Crippen LogP contribution >= 0.6 is 0 Å². The second kappa shape index (κ2) is 10.1. The highest BCUT2D eigenvalue weighted by Gasteiger charge is 2.14. The number of carbonyl (C=O) groups excluding carboxylic acids is 2. The van der Waals surface area contributed by atoms with Gasteiger partial charge in [0.1, 0.15) is 11.5 Å². The van der Waals surface area contributed by atoms with Crippen LogP contribution in [0.1, 0.15) is 24.2 Å². The zero-order valence-electron chi connectivity index (χ0n) is 16.9. The lowest BCUT2D eigenvalue weighted by molar-refractivity contribution is -0.123. The Hall–Kier alpha value is -3.80. The number of hydrogen-bond acceptors (Lipinski definition) is 4. The van der Waals surface area contributed by atoms with Crippen LogP contribution in [-0.2, 0) is 4.79 Å². The summed E-state index contributed by atoms with van der Waals surface area (Å²) in [6.07, 6.45) is -0.0772. The molecule has 6 nitrogen and oxygen atoms in total. The van der Waals surface area contributed by atoms with Gasteiger partial charge >= 0.3 is 0 Å². The molecule has 0 radical (unpaired) electrons. The third kappa shape index (κ3) is 5.61. The predicted molar refractivity (Wildman–Crippen MR) is 115 cm³/mol. The van der Waals surface area contributed by atoms with E-state index in [1.807, 2.05) is 62.4 Å². The molecule has 2 N–H and O–H groups in total. The van der Waals surface area contributed by atoms with E-state index in [1.54, 1.807) is 30.3 Å². The van der Waals surface area contributed by atoms with Gasteiger partial charge in [0.25, 0.3) is 11.8 Å². The monoisotopic (exact) mass is 404 g/mol. The Morgan fingerprint density at radius 3 is 2.17 bits per heavy atom. The Balaban J connectivity index is 1.57. The van der Waals surface area contributed by atoms with Crippen LogP contribution in [0.4, 0.5) is 0 Å². The minimum atomic E-state index is -0.478. The minimum absolute atomic E-state index is 0.0772. The third-order valence-corrected chi connectivity index (χ3v) is 4.14. The Bertz CT molecular complexity index is 1000. The molecule has 0 aliphatic heterocycles. The lowest BCUT2D eigenvalue weighted by atomic mass is 10.1. The second-order valence-corrected chi connectivity index (χ2v) is 6.82. The van der Waals surface area contributed by atoms with Gasteiger partial charge < -0.3 is 9.47 Å². The first-order valence-corrected chi connectivity index (χ1v) is 9.66. The molecule has 6 heteroatoms. The summed E-state index contributed by atoms with van der Waals surface area (Å²) in [5, 5.41) is 0. The molecule has 3 aromatic rings. The van der Waals surface area contributed by atoms with E-state index in [0.717, 1.165) is 11.1 Å². The fourth-order valence-corrected chi connectivity index (χ4v) is 2.83. The summed E-state index contributed by atoms with van der Waals surface area (Å²) in [7, 11) is 0. The number of amides is 2. The zero-order chi connectivity index (χ0) is 21.3. The van der Waals surface area contributed by atoms with Gasteiger partial charge in [0.2, 0.25) is 0 Å². The minimum Gasteiger partial charge on any atom is -0.490 e. The molecule has 0 aliphatic carbocycles. The number of hydrogen-bond donors (Lipinski definition) is 2. The maximum Gasteiger partial charge on any atom is 0.276 e. The second-order valence-electron chi connectivity index (χ2n) is 6.82. The van der Waals surface area contributed by atoms with Crippen molar-refractivity contribution in [2.45, 2.75) is 20.0 Å². The number of hydrazine groups is 1. The van der Waals surface area contributed by atoms with Gasteiger partial charge in [0.15, 0.2) is 6.61 Å². The fourth-order valence-electron chi connectivity index (χ4n) is 2.83. The maximum atomic E-state index is 12.4. The van der Waals surface area contributed by atoms with E-state index >= 15 is 0 Å². The average molecular weight is 404 g/mol. The molecular weight excluding hydrogens is 380 g/mol. The molecule has 3 rings (SSSR count). The summed E-state index contributed by atoms with van der Waals surface area (Å²) in [5.41, 5.74) is 6.98. The standard InChI is InChI=1S/C24H24N2O4/c1-17(2)30-22-15-9-7-13-20(22)24(28)26-25-23(27)16-29-21-14-8-6-12-19(21)18-10-4-3-5-11-18/h3-15,17H,16H2,1-2H3,(H,25,27)(H,26,28). The van der Waals surface area contributed by atoms with Crippen molar-refractivity contribution in [3.8, 4) is 22.6 Å². The largest absolute Gasteiger partial charge is 0.490 e. The molecular formula is C24H24N2O4. The molecule has 30 heavy (non-hydrogen) atoms. The van der Waals surface area contributed by atoms with Crippen molar-refractivity contribution >= 4 is 11.8 Å². The predicted octanol–water partition coefficient (Wildman–Crippen LogP) is 3.98. The van der Waals surface area contributed by atoms with Gasteiger partial charge in [-0.05, 0) is 37.6 Å². The van der Waals surface area contributed by atoms with Crippen LogP contribution in [0.2, 0.25) is 0 Å². The summed E-state index contributed by atoms with van der Waals surface area (Å²) in [5.74, 6) is 0.0888. The molecule has 0 heterocycles. The molecule has 0 bridgehead atoms. The number of ether oxygens (including phenoxy) is 2. The van der Waals surface area contributed by atoms with Crippen molar-refractivity contribution < 1.29 is 19.1 Å². The van der Waals surface area contributed by atoms with Crippen LogP contribution in [0, 0.1) is 0 Å². The van der Waals surface area contributed by atoms with Crippen LogP contribution in [0.3, 0.4) is 0 Å². The smallest absolute Gasteiger partial charge is 0.276 e. The van der Waals surface area contributed by atoms with Crippen molar-refractivity contribution in [1.82, 2.24) is 10.9 Å². The topological polar surface area (TPSA) is 76.7 Å². The summed E-state index contributed by atoms with van der Waals surface area (Å²) in [6.45, 7) is 3.51. The lowest BCUT2D eigenvalue weighted by Crippen LogP contribution is -2.44. The highest BCUT2D eigenvalue weighted by Crippen LogP contribution is 2.29. The summed E-state index contributed by atoms with van der Waals surface area (Å²) in [4.78, 5) is 24.6. The number of nitrogens with one attached hydrogen (secondary N) is 2. The van der Waals surface area contributed by atoms with Gasteiger partial charge in [-0.25, -0.2) is 0 Å². The highest BCUT2D eigenvalue weighted by molar-refractivity contribution is 5.97. The number of carbonyl (C=O) groups is 2. The van der Waals surface area contributed by atoms with Crippen molar-refractivity contribution in [2.24, 2.45) is 0 Å². The SMILES string of the molecule is CC(C)Oc1ccccc1C(=O)NNC(=O)COc1ccccc1-c1ccccc1. The van der Waals surface area contributed by atoms with Crippen LogP contribution in [0.25, 0.3) is 11.1 Å². The Morgan fingerprint density at radius 2 is 1.43 bits per heavy atom. The molecule has 0 aliphatic rings. The van der Waals surface area contributed by atoms with Crippen molar-refractivity contribution in [3.63, 3.8) is 0 Å².